The molecule has 3 amide bonds. The lowest BCUT2D eigenvalue weighted by Gasteiger charge is -2.28. The molecule has 2 aliphatic rings. The Morgan fingerprint density at radius 1 is 1.34 bits per heavy atom. The molecular weight excluding hydrogens is 368 g/mol. The van der Waals surface area contributed by atoms with Gasteiger partial charge in [-0.25, -0.2) is 0 Å². The molecule has 2 saturated heterocycles. The molecule has 162 valence electrons. The van der Waals surface area contributed by atoms with E-state index in [4.69, 9.17) is 5.26 Å². The Kier molecular flexibility index (Phi) is 8.94. The third-order valence-corrected chi connectivity index (χ3v) is 6.41. The van der Waals surface area contributed by atoms with E-state index < -0.39 is 12.1 Å². The van der Waals surface area contributed by atoms with Gasteiger partial charge in [0.15, 0.2) is 0 Å². The average molecular weight is 405 g/mol. The zero-order valence-corrected chi connectivity index (χ0v) is 18.1. The van der Waals surface area contributed by atoms with E-state index in [0.717, 1.165) is 45.1 Å². The van der Waals surface area contributed by atoms with Crippen molar-refractivity contribution in [1.82, 2.24) is 15.5 Å². The van der Waals surface area contributed by atoms with Crippen molar-refractivity contribution in [3.05, 3.63) is 0 Å². The molecule has 0 bridgehead atoms. The van der Waals surface area contributed by atoms with Crippen LogP contribution in [-0.4, -0.2) is 47.8 Å². The summed E-state index contributed by atoms with van der Waals surface area (Å²) in [5, 5.41) is 14.6. The number of amides is 3. The second-order valence-electron chi connectivity index (χ2n) is 8.69. The first kappa shape index (κ1) is 23.2. The van der Waals surface area contributed by atoms with E-state index in [1.54, 1.807) is 11.8 Å². The van der Waals surface area contributed by atoms with Crippen LogP contribution in [0.4, 0.5) is 0 Å². The van der Waals surface area contributed by atoms with Gasteiger partial charge in [0, 0.05) is 25.4 Å². The molecule has 2 heterocycles. The third-order valence-electron chi connectivity index (χ3n) is 6.41. The van der Waals surface area contributed by atoms with Gasteiger partial charge in [0.2, 0.25) is 17.7 Å². The topological polar surface area (TPSA) is 102 Å². The molecule has 29 heavy (non-hydrogen) atoms. The first-order valence-corrected chi connectivity index (χ1v) is 11.1. The number of rotatable bonds is 9. The summed E-state index contributed by atoms with van der Waals surface area (Å²) in [6.07, 6.45) is 6.81. The van der Waals surface area contributed by atoms with Crippen molar-refractivity contribution in [3.63, 3.8) is 0 Å². The molecule has 2 unspecified atom stereocenters. The van der Waals surface area contributed by atoms with Gasteiger partial charge in [0.05, 0.1) is 6.07 Å². The minimum absolute atomic E-state index is 0.0304. The highest BCUT2D eigenvalue weighted by molar-refractivity contribution is 5.88. The largest absolute Gasteiger partial charge is 0.356 e. The summed E-state index contributed by atoms with van der Waals surface area (Å²) in [7, 11) is 0. The number of nitriles is 1. The van der Waals surface area contributed by atoms with Crippen LogP contribution < -0.4 is 10.6 Å². The normalized spacial score (nSPS) is 27.8. The molecule has 0 aromatic heterocycles. The Morgan fingerprint density at radius 2 is 2.10 bits per heavy atom. The van der Waals surface area contributed by atoms with Crippen LogP contribution in [0.3, 0.4) is 0 Å². The SMILES string of the molecule is CCC[C@@H]1CC(C(=O)N[C@@H](C)C#N)N(C(=O)CCCC[C@H]2CCNC(=O)C2C)C1. The summed E-state index contributed by atoms with van der Waals surface area (Å²) < 4.78 is 0. The highest BCUT2D eigenvalue weighted by Gasteiger charge is 2.39. The molecule has 0 aromatic carbocycles. The van der Waals surface area contributed by atoms with E-state index in [1.807, 2.05) is 13.0 Å². The number of unbranched alkanes of at least 4 members (excludes halogenated alkanes) is 1. The van der Waals surface area contributed by atoms with E-state index >= 15 is 0 Å². The first-order chi connectivity index (χ1) is 13.9. The highest BCUT2D eigenvalue weighted by Crippen LogP contribution is 2.29. The zero-order chi connectivity index (χ0) is 21.4. The number of piperidine rings is 1. The highest BCUT2D eigenvalue weighted by atomic mass is 16.2. The van der Waals surface area contributed by atoms with Crippen molar-refractivity contribution in [2.24, 2.45) is 17.8 Å². The van der Waals surface area contributed by atoms with E-state index in [2.05, 4.69) is 17.6 Å². The molecule has 2 aliphatic heterocycles. The lowest BCUT2D eigenvalue weighted by molar-refractivity contribution is -0.138. The predicted molar refractivity (Wildman–Crippen MR) is 110 cm³/mol. The molecule has 0 aromatic rings. The maximum atomic E-state index is 12.8. The zero-order valence-electron chi connectivity index (χ0n) is 18.1. The molecule has 7 heteroatoms. The minimum Gasteiger partial charge on any atom is -0.356 e. The summed E-state index contributed by atoms with van der Waals surface area (Å²) in [6, 6.07) is 0.998. The fraction of sp³-hybridized carbons (Fsp3) is 0.818. The quantitative estimate of drug-likeness (QED) is 0.576. The van der Waals surface area contributed by atoms with E-state index in [1.165, 1.54) is 0 Å². The van der Waals surface area contributed by atoms with E-state index in [-0.39, 0.29) is 23.6 Å². The van der Waals surface area contributed by atoms with Gasteiger partial charge in [0.25, 0.3) is 0 Å². The van der Waals surface area contributed by atoms with Crippen LogP contribution in [0.2, 0.25) is 0 Å². The lowest BCUT2D eigenvalue weighted by atomic mass is 9.83. The van der Waals surface area contributed by atoms with Crippen molar-refractivity contribution >= 4 is 17.7 Å². The van der Waals surface area contributed by atoms with Crippen LogP contribution in [0.25, 0.3) is 0 Å². The standard InChI is InChI=1S/C22H36N4O3/c1-4-7-17-12-19(22(29)25-15(2)13-23)26(14-17)20(27)9-6-5-8-18-10-11-24-21(28)16(18)3/h15-19H,4-12,14H2,1-3H3,(H,24,28)(H,25,29)/t15-,16?,17+,18-,19?/m0/s1. The van der Waals surface area contributed by atoms with Gasteiger partial charge in [-0.1, -0.05) is 26.7 Å². The van der Waals surface area contributed by atoms with E-state index in [9.17, 15) is 14.4 Å². The van der Waals surface area contributed by atoms with Crippen LogP contribution in [0.15, 0.2) is 0 Å². The summed E-state index contributed by atoms with van der Waals surface area (Å²) in [4.78, 5) is 38.9. The third kappa shape index (κ3) is 6.45. The van der Waals surface area contributed by atoms with Crippen LogP contribution >= 0.6 is 0 Å². The van der Waals surface area contributed by atoms with Gasteiger partial charge in [0.1, 0.15) is 12.1 Å². The molecule has 2 fully saturated rings. The van der Waals surface area contributed by atoms with Crippen molar-refractivity contribution in [1.29, 1.82) is 5.26 Å². The Bertz CT molecular complexity index is 630. The van der Waals surface area contributed by atoms with Crippen LogP contribution in [0, 0.1) is 29.1 Å². The second-order valence-corrected chi connectivity index (χ2v) is 8.69. The van der Waals surface area contributed by atoms with Crippen molar-refractivity contribution in [2.45, 2.75) is 84.2 Å². The molecule has 5 atom stereocenters. The maximum absolute atomic E-state index is 12.8. The van der Waals surface area contributed by atoms with Crippen LogP contribution in [0.1, 0.15) is 72.1 Å². The number of carbonyl (C=O) groups is 3. The molecule has 0 aliphatic carbocycles. The Labute approximate surface area is 174 Å². The molecule has 0 radical (unpaired) electrons. The molecular formula is C22H36N4O3. The summed E-state index contributed by atoms with van der Waals surface area (Å²) in [6.45, 7) is 7.12. The summed E-state index contributed by atoms with van der Waals surface area (Å²) in [5.41, 5.74) is 0. The molecule has 2 N–H and O–H groups in total. The number of nitrogens with one attached hydrogen (secondary N) is 2. The van der Waals surface area contributed by atoms with Crippen molar-refractivity contribution in [3.8, 4) is 6.07 Å². The Hall–Kier alpha value is -2.10. The smallest absolute Gasteiger partial charge is 0.243 e. The fourth-order valence-electron chi connectivity index (χ4n) is 4.63. The van der Waals surface area contributed by atoms with Crippen LogP contribution in [0.5, 0.6) is 0 Å². The van der Waals surface area contributed by atoms with Gasteiger partial charge >= 0.3 is 0 Å². The molecule has 0 spiro atoms. The summed E-state index contributed by atoms with van der Waals surface area (Å²) >= 11 is 0. The number of carbonyl (C=O) groups excluding carboxylic acids is 3. The maximum Gasteiger partial charge on any atom is 0.243 e. The number of hydrogen-bond donors (Lipinski definition) is 2. The Balaban J connectivity index is 1.84. The van der Waals surface area contributed by atoms with Crippen molar-refractivity contribution in [2.75, 3.05) is 13.1 Å². The second kappa shape index (κ2) is 11.2. The predicted octanol–water partition coefficient (Wildman–Crippen LogP) is 2.36. The van der Waals surface area contributed by atoms with Gasteiger partial charge in [-0.15, -0.1) is 0 Å². The summed E-state index contributed by atoms with van der Waals surface area (Å²) in [5.74, 6) is 0.736. The average Bonchev–Trinajstić information content (AvgIpc) is 3.12. The van der Waals surface area contributed by atoms with Crippen LogP contribution in [-0.2, 0) is 14.4 Å². The fourth-order valence-corrected chi connectivity index (χ4v) is 4.63. The van der Waals surface area contributed by atoms with E-state index in [0.29, 0.717) is 31.2 Å². The molecule has 7 nitrogen and oxygen atoms in total. The monoisotopic (exact) mass is 404 g/mol. The van der Waals surface area contributed by atoms with Gasteiger partial charge in [-0.05, 0) is 50.9 Å². The molecule has 0 saturated carbocycles. The van der Waals surface area contributed by atoms with Gasteiger partial charge in [-0.2, -0.15) is 5.26 Å². The number of likely N-dealkylation sites (tertiary alicyclic amines) is 1. The lowest BCUT2D eigenvalue weighted by Crippen LogP contribution is -2.48. The first-order valence-electron chi connectivity index (χ1n) is 11.1. The number of nitrogens with zero attached hydrogens (tertiary/aromatic N) is 2. The van der Waals surface area contributed by atoms with Gasteiger partial charge in [-0.3, -0.25) is 14.4 Å². The molecule has 2 rings (SSSR count). The minimum atomic E-state index is -0.556. The van der Waals surface area contributed by atoms with Crippen molar-refractivity contribution < 1.29 is 14.4 Å². The number of hydrogen-bond acceptors (Lipinski definition) is 4. The Morgan fingerprint density at radius 3 is 2.79 bits per heavy atom. The van der Waals surface area contributed by atoms with Gasteiger partial charge < -0.3 is 15.5 Å².